The SMILES string of the molecule is Cc1cccc(OC(C)c2nnc(SCC(=O)NC3CCCCCC3)n2C)c1C. The van der Waals surface area contributed by atoms with Gasteiger partial charge in [0.15, 0.2) is 17.1 Å². The average Bonchev–Trinajstić information content (AvgIpc) is 2.88. The molecule has 1 aliphatic carbocycles. The Morgan fingerprint density at radius 2 is 1.97 bits per heavy atom. The third-order valence-electron chi connectivity index (χ3n) is 5.64. The first-order valence-corrected chi connectivity index (χ1v) is 11.5. The molecule has 6 nitrogen and oxygen atoms in total. The topological polar surface area (TPSA) is 69.0 Å². The summed E-state index contributed by atoms with van der Waals surface area (Å²) in [6, 6.07) is 6.37. The van der Waals surface area contributed by atoms with Crippen LogP contribution in [0.15, 0.2) is 23.4 Å². The fourth-order valence-electron chi connectivity index (χ4n) is 3.72. The molecular formula is C22H32N4O2S. The highest BCUT2D eigenvalue weighted by atomic mass is 32.2. The molecule has 2 aromatic rings. The molecule has 1 N–H and O–H groups in total. The minimum Gasteiger partial charge on any atom is -0.482 e. The quantitative estimate of drug-likeness (QED) is 0.531. The maximum Gasteiger partial charge on any atom is 0.230 e. The zero-order valence-electron chi connectivity index (χ0n) is 17.9. The number of hydrogen-bond donors (Lipinski definition) is 1. The van der Waals surface area contributed by atoms with Crippen molar-refractivity contribution in [2.24, 2.45) is 7.05 Å². The summed E-state index contributed by atoms with van der Waals surface area (Å²) < 4.78 is 8.05. The number of nitrogens with zero attached hydrogens (tertiary/aromatic N) is 3. The Morgan fingerprint density at radius 3 is 2.69 bits per heavy atom. The number of ether oxygens (including phenoxy) is 1. The van der Waals surface area contributed by atoms with Gasteiger partial charge in [-0.05, 0) is 50.8 Å². The van der Waals surface area contributed by atoms with Crippen LogP contribution in [0.3, 0.4) is 0 Å². The molecule has 0 spiro atoms. The Kier molecular flexibility index (Phi) is 7.58. The van der Waals surface area contributed by atoms with E-state index in [-0.39, 0.29) is 12.0 Å². The van der Waals surface area contributed by atoms with Crippen molar-refractivity contribution in [3.8, 4) is 5.75 Å². The summed E-state index contributed by atoms with van der Waals surface area (Å²) in [7, 11) is 1.92. The number of aryl methyl sites for hydroxylation is 1. The molecule has 1 aromatic heterocycles. The van der Waals surface area contributed by atoms with E-state index in [1.165, 1.54) is 43.0 Å². The Labute approximate surface area is 177 Å². The monoisotopic (exact) mass is 416 g/mol. The molecule has 1 aliphatic rings. The van der Waals surface area contributed by atoms with E-state index in [4.69, 9.17) is 4.74 Å². The lowest BCUT2D eigenvalue weighted by Crippen LogP contribution is -2.35. The standard InChI is InChI=1S/C22H32N4O2S/c1-15-10-9-13-19(16(15)2)28-17(3)21-24-25-22(26(21)4)29-14-20(27)23-18-11-7-5-6-8-12-18/h9-10,13,17-18H,5-8,11-12,14H2,1-4H3,(H,23,27). The van der Waals surface area contributed by atoms with Crippen LogP contribution in [0.5, 0.6) is 5.75 Å². The van der Waals surface area contributed by atoms with Crippen LogP contribution >= 0.6 is 11.8 Å². The van der Waals surface area contributed by atoms with E-state index in [0.717, 1.165) is 35.1 Å². The van der Waals surface area contributed by atoms with Crippen LogP contribution in [0, 0.1) is 13.8 Å². The molecule has 0 bridgehead atoms. The Balaban J connectivity index is 1.55. The summed E-state index contributed by atoms with van der Waals surface area (Å²) in [5.41, 5.74) is 2.33. The Hall–Kier alpha value is -2.02. The molecule has 1 atom stereocenters. The highest BCUT2D eigenvalue weighted by Crippen LogP contribution is 2.27. The largest absolute Gasteiger partial charge is 0.482 e. The second-order valence-corrected chi connectivity index (χ2v) is 8.85. The van der Waals surface area contributed by atoms with Gasteiger partial charge in [0, 0.05) is 13.1 Å². The average molecular weight is 417 g/mol. The number of benzene rings is 1. The second kappa shape index (κ2) is 10.1. The number of rotatable bonds is 7. The van der Waals surface area contributed by atoms with Crippen molar-refractivity contribution in [1.82, 2.24) is 20.1 Å². The predicted octanol–water partition coefficient (Wildman–Crippen LogP) is 4.50. The van der Waals surface area contributed by atoms with Crippen LogP contribution in [0.4, 0.5) is 0 Å². The van der Waals surface area contributed by atoms with Crippen LogP contribution in [0.2, 0.25) is 0 Å². The summed E-state index contributed by atoms with van der Waals surface area (Å²) in [5.74, 6) is 2.04. The summed E-state index contributed by atoms with van der Waals surface area (Å²) in [4.78, 5) is 12.3. The summed E-state index contributed by atoms with van der Waals surface area (Å²) in [5, 5.41) is 12.5. The molecule has 3 rings (SSSR count). The predicted molar refractivity (Wildman–Crippen MR) is 116 cm³/mol. The third kappa shape index (κ3) is 5.75. The van der Waals surface area contributed by atoms with Gasteiger partial charge in [-0.2, -0.15) is 0 Å². The van der Waals surface area contributed by atoms with Crippen molar-refractivity contribution in [3.05, 3.63) is 35.2 Å². The van der Waals surface area contributed by atoms with Gasteiger partial charge in [-0.25, -0.2) is 0 Å². The van der Waals surface area contributed by atoms with E-state index in [9.17, 15) is 4.79 Å². The zero-order valence-corrected chi connectivity index (χ0v) is 18.7. The first kappa shape index (κ1) is 21.7. The van der Waals surface area contributed by atoms with Gasteiger partial charge in [0.25, 0.3) is 0 Å². The summed E-state index contributed by atoms with van der Waals surface area (Å²) >= 11 is 1.42. The molecule has 7 heteroatoms. The lowest BCUT2D eigenvalue weighted by molar-refractivity contribution is -0.119. The molecule has 1 unspecified atom stereocenters. The van der Waals surface area contributed by atoms with Gasteiger partial charge in [-0.1, -0.05) is 49.6 Å². The van der Waals surface area contributed by atoms with E-state index >= 15 is 0 Å². The zero-order chi connectivity index (χ0) is 20.8. The molecule has 0 aliphatic heterocycles. The smallest absolute Gasteiger partial charge is 0.230 e. The number of carbonyl (C=O) groups excluding carboxylic acids is 1. The van der Waals surface area contributed by atoms with Crippen molar-refractivity contribution >= 4 is 17.7 Å². The highest BCUT2D eigenvalue weighted by Gasteiger charge is 2.20. The molecule has 1 fully saturated rings. The molecule has 0 radical (unpaired) electrons. The number of aromatic nitrogens is 3. The first-order chi connectivity index (χ1) is 14.0. The van der Waals surface area contributed by atoms with Gasteiger partial charge >= 0.3 is 0 Å². The van der Waals surface area contributed by atoms with Crippen molar-refractivity contribution in [2.75, 3.05) is 5.75 Å². The molecule has 0 saturated heterocycles. The first-order valence-electron chi connectivity index (χ1n) is 10.5. The number of amides is 1. The molecule has 1 saturated carbocycles. The Morgan fingerprint density at radius 1 is 1.24 bits per heavy atom. The van der Waals surface area contributed by atoms with Crippen LogP contribution in [0.25, 0.3) is 0 Å². The van der Waals surface area contributed by atoms with E-state index in [1.807, 2.05) is 30.7 Å². The maximum absolute atomic E-state index is 12.3. The fraction of sp³-hybridized carbons (Fsp3) is 0.591. The second-order valence-electron chi connectivity index (χ2n) is 7.90. The summed E-state index contributed by atoms with van der Waals surface area (Å²) in [6.07, 6.45) is 6.94. The minimum atomic E-state index is -0.234. The lowest BCUT2D eigenvalue weighted by Gasteiger charge is -2.17. The third-order valence-corrected chi connectivity index (χ3v) is 6.66. The van der Waals surface area contributed by atoms with Gasteiger partial charge in [0.2, 0.25) is 5.91 Å². The van der Waals surface area contributed by atoms with Crippen molar-refractivity contribution in [2.45, 2.75) is 76.6 Å². The Bertz CT molecular complexity index is 828. The van der Waals surface area contributed by atoms with Gasteiger partial charge < -0.3 is 14.6 Å². The van der Waals surface area contributed by atoms with Gasteiger partial charge in [0.1, 0.15) is 5.75 Å². The maximum atomic E-state index is 12.3. The van der Waals surface area contributed by atoms with Gasteiger partial charge in [-0.15, -0.1) is 10.2 Å². The lowest BCUT2D eigenvalue weighted by atomic mass is 10.1. The van der Waals surface area contributed by atoms with Crippen molar-refractivity contribution in [3.63, 3.8) is 0 Å². The van der Waals surface area contributed by atoms with Gasteiger partial charge in [-0.3, -0.25) is 4.79 Å². The van der Waals surface area contributed by atoms with E-state index < -0.39 is 0 Å². The molecule has 1 aromatic carbocycles. The van der Waals surface area contributed by atoms with Crippen LogP contribution in [-0.4, -0.2) is 32.5 Å². The van der Waals surface area contributed by atoms with Gasteiger partial charge in [0.05, 0.1) is 5.75 Å². The van der Waals surface area contributed by atoms with Crippen molar-refractivity contribution in [1.29, 1.82) is 0 Å². The van der Waals surface area contributed by atoms with Crippen LogP contribution in [0.1, 0.15) is 68.5 Å². The summed E-state index contributed by atoms with van der Waals surface area (Å²) in [6.45, 7) is 6.10. The van der Waals surface area contributed by atoms with Crippen LogP contribution in [-0.2, 0) is 11.8 Å². The van der Waals surface area contributed by atoms with E-state index in [0.29, 0.717) is 11.8 Å². The molecule has 158 valence electrons. The number of thioether (sulfide) groups is 1. The molecule has 1 heterocycles. The molecular weight excluding hydrogens is 384 g/mol. The number of hydrogen-bond acceptors (Lipinski definition) is 5. The van der Waals surface area contributed by atoms with E-state index in [2.05, 4.69) is 35.4 Å². The normalized spacial score (nSPS) is 16.3. The van der Waals surface area contributed by atoms with Crippen molar-refractivity contribution < 1.29 is 9.53 Å². The minimum absolute atomic E-state index is 0.0751. The number of carbonyl (C=O) groups is 1. The highest BCUT2D eigenvalue weighted by molar-refractivity contribution is 7.99. The molecule has 1 amide bonds. The van der Waals surface area contributed by atoms with Crippen LogP contribution < -0.4 is 10.1 Å². The van der Waals surface area contributed by atoms with E-state index in [1.54, 1.807) is 0 Å². The molecule has 29 heavy (non-hydrogen) atoms. The fourth-order valence-corrected chi connectivity index (χ4v) is 4.45. The number of nitrogens with one attached hydrogen (secondary N) is 1.